The van der Waals surface area contributed by atoms with Gasteiger partial charge in [-0.3, -0.25) is 24.0 Å². The maximum atomic E-state index is 12.9. The zero-order valence-electron chi connectivity index (χ0n) is 35.8. The Kier molecular flexibility index (Phi) is 18.9. The third-order valence-electron chi connectivity index (χ3n) is 10.6. The predicted octanol–water partition coefficient (Wildman–Crippen LogP) is 5.94. The number of carbonyl (C=O) groups excluding carboxylic acids is 7. The molecule has 0 bridgehead atoms. The van der Waals surface area contributed by atoms with Gasteiger partial charge in [-0.25, -0.2) is 14.6 Å². The molecule has 1 fully saturated rings. The van der Waals surface area contributed by atoms with Crippen LogP contribution in [-0.2, 0) is 57.8 Å². The number of ether oxygens (including phenoxy) is 1. The molecule has 2 aromatic carbocycles. The summed E-state index contributed by atoms with van der Waals surface area (Å²) in [4.78, 5) is 95.0. The van der Waals surface area contributed by atoms with Crippen LogP contribution in [0.5, 0.6) is 0 Å². The molecule has 6 amide bonds. The smallest absolute Gasteiger partial charge is 0.407 e. The van der Waals surface area contributed by atoms with E-state index in [2.05, 4.69) is 45.3 Å². The summed E-state index contributed by atoms with van der Waals surface area (Å²) in [6.45, 7) is 7.60. The van der Waals surface area contributed by atoms with Crippen molar-refractivity contribution in [2.75, 3.05) is 17.6 Å². The molecule has 16 nitrogen and oxygen atoms in total. The highest BCUT2D eigenvalue weighted by molar-refractivity contribution is 6.01. The fourth-order valence-corrected chi connectivity index (χ4v) is 6.69. The van der Waals surface area contributed by atoms with Crippen molar-refractivity contribution in [3.05, 3.63) is 65.2 Å². The molecular formula is C45H61N7O9. The molecule has 0 spiro atoms. The first-order chi connectivity index (χ1) is 29.2. The summed E-state index contributed by atoms with van der Waals surface area (Å²) >= 11 is 0. The van der Waals surface area contributed by atoms with E-state index in [9.17, 15) is 33.6 Å². The van der Waals surface area contributed by atoms with Crippen molar-refractivity contribution in [1.29, 1.82) is 0 Å². The van der Waals surface area contributed by atoms with E-state index in [1.54, 1.807) is 45.0 Å². The Bertz CT molecular complexity index is 1990. The topological polar surface area (TPSA) is 228 Å². The molecule has 330 valence electrons. The Hall–Kier alpha value is -6.06. The minimum atomic E-state index is -0.876. The summed E-state index contributed by atoms with van der Waals surface area (Å²) in [6, 6.07) is 13.8. The van der Waals surface area contributed by atoms with E-state index >= 15 is 0 Å². The van der Waals surface area contributed by atoms with Crippen LogP contribution in [0.4, 0.5) is 16.3 Å². The van der Waals surface area contributed by atoms with Crippen LogP contribution in [0.15, 0.2) is 48.5 Å². The van der Waals surface area contributed by atoms with E-state index in [1.165, 1.54) is 12.0 Å². The zero-order chi connectivity index (χ0) is 44.3. The van der Waals surface area contributed by atoms with Crippen LogP contribution in [0, 0.1) is 5.92 Å². The van der Waals surface area contributed by atoms with Crippen LogP contribution < -0.4 is 27.0 Å². The molecule has 16 heteroatoms. The number of nitrogens with one attached hydrogen (secondary N) is 4. The summed E-state index contributed by atoms with van der Waals surface area (Å²) in [5, 5.41) is 12.6. The number of rotatable bonds is 24. The summed E-state index contributed by atoms with van der Waals surface area (Å²) in [6.07, 6.45) is 8.20. The first kappa shape index (κ1) is 47.6. The number of nitrogens with zero attached hydrogens (tertiary/aromatic N) is 2. The largest absolute Gasteiger partial charge is 0.445 e. The molecule has 3 aromatic rings. The van der Waals surface area contributed by atoms with Crippen LogP contribution in [0.1, 0.15) is 121 Å². The molecule has 0 aliphatic carbocycles. The number of alkyl carbamates (subject to hydrolysis) is 1. The second-order valence-electron chi connectivity index (χ2n) is 15.6. The van der Waals surface area contributed by atoms with Crippen LogP contribution in [0.2, 0.25) is 0 Å². The Morgan fingerprint density at radius 1 is 0.803 bits per heavy atom. The lowest BCUT2D eigenvalue weighted by Crippen LogP contribution is -2.48. The number of hydrogen-bond donors (Lipinski definition) is 5. The van der Waals surface area contributed by atoms with Crippen molar-refractivity contribution >= 4 is 64.0 Å². The van der Waals surface area contributed by atoms with E-state index in [1.807, 2.05) is 12.1 Å². The summed E-state index contributed by atoms with van der Waals surface area (Å²) in [5.41, 5.74) is 10.8. The summed E-state index contributed by atoms with van der Waals surface area (Å²) < 4.78 is 5.37. The van der Waals surface area contributed by atoms with Gasteiger partial charge in [0.05, 0.1) is 11.4 Å². The van der Waals surface area contributed by atoms with Crippen molar-refractivity contribution in [2.45, 2.75) is 136 Å². The van der Waals surface area contributed by atoms with Crippen LogP contribution in [-0.4, -0.2) is 70.3 Å². The highest BCUT2D eigenvalue weighted by Gasteiger charge is 2.32. The van der Waals surface area contributed by atoms with Gasteiger partial charge in [-0.15, -0.1) is 5.06 Å². The normalized spacial score (nSPS) is 13.9. The zero-order valence-corrected chi connectivity index (χ0v) is 35.8. The molecule has 0 radical (unpaired) electrons. The lowest BCUT2D eigenvalue weighted by molar-refractivity contribution is -0.197. The Labute approximate surface area is 357 Å². The van der Waals surface area contributed by atoms with Gasteiger partial charge in [-0.2, -0.15) is 0 Å². The molecule has 61 heavy (non-hydrogen) atoms. The number of nitrogens with two attached hydrogens (primary N) is 1. The van der Waals surface area contributed by atoms with Gasteiger partial charge in [-0.05, 0) is 99.7 Å². The first-order valence-electron chi connectivity index (χ1n) is 21.4. The number of unbranched alkanes of at least 4 members (excludes halogenated alkanes) is 5. The van der Waals surface area contributed by atoms with E-state index in [0.29, 0.717) is 36.0 Å². The number of pyridine rings is 1. The average molecular weight is 844 g/mol. The third kappa shape index (κ3) is 15.5. The number of aryl methyl sites for hydroxylation is 2. The fraction of sp³-hybridized carbons (Fsp3) is 0.511. The summed E-state index contributed by atoms with van der Waals surface area (Å²) in [7, 11) is 0. The minimum Gasteiger partial charge on any atom is -0.445 e. The molecule has 3 atom stereocenters. The van der Waals surface area contributed by atoms with Gasteiger partial charge in [0.2, 0.25) is 17.7 Å². The van der Waals surface area contributed by atoms with Crippen molar-refractivity contribution in [3.8, 4) is 0 Å². The lowest BCUT2D eigenvalue weighted by Gasteiger charge is -2.23. The van der Waals surface area contributed by atoms with Crippen molar-refractivity contribution < 1.29 is 43.1 Å². The Morgan fingerprint density at radius 3 is 2.21 bits per heavy atom. The molecular weight excluding hydrogens is 783 g/mol. The maximum Gasteiger partial charge on any atom is 0.407 e. The van der Waals surface area contributed by atoms with Crippen LogP contribution >= 0.6 is 0 Å². The molecule has 0 saturated carbocycles. The number of anilines is 2. The quantitative estimate of drug-likeness (QED) is 0.0524. The van der Waals surface area contributed by atoms with Gasteiger partial charge >= 0.3 is 12.1 Å². The average Bonchev–Trinajstić information content (AvgIpc) is 3.55. The van der Waals surface area contributed by atoms with Crippen molar-refractivity contribution in [1.82, 2.24) is 26.0 Å². The lowest BCUT2D eigenvalue weighted by atomic mass is 9.99. The predicted molar refractivity (Wildman–Crippen MR) is 230 cm³/mol. The second kappa shape index (κ2) is 24.3. The molecule has 4 rings (SSSR count). The number of amides is 6. The first-order valence-corrected chi connectivity index (χ1v) is 21.4. The highest BCUT2D eigenvalue weighted by Crippen LogP contribution is 2.25. The number of carbonyl (C=O) groups is 7. The number of nitrogen functional groups attached to an aromatic ring is 1. The number of benzene rings is 2. The van der Waals surface area contributed by atoms with E-state index < -0.39 is 53.7 Å². The van der Waals surface area contributed by atoms with E-state index in [4.69, 9.17) is 15.3 Å². The van der Waals surface area contributed by atoms with Crippen molar-refractivity contribution in [3.63, 3.8) is 0 Å². The number of hydrogen-bond acceptors (Lipinski definition) is 11. The van der Waals surface area contributed by atoms with Gasteiger partial charge < -0.3 is 36.6 Å². The maximum absolute atomic E-state index is 12.9. The van der Waals surface area contributed by atoms with E-state index in [0.717, 1.165) is 67.0 Å². The molecule has 6 N–H and O–H groups in total. The van der Waals surface area contributed by atoms with Gasteiger partial charge in [0.1, 0.15) is 18.5 Å². The van der Waals surface area contributed by atoms with Gasteiger partial charge in [0, 0.05) is 49.3 Å². The second-order valence-corrected chi connectivity index (χ2v) is 15.6. The molecule has 1 aliphatic rings. The van der Waals surface area contributed by atoms with Crippen molar-refractivity contribution in [2.24, 2.45) is 5.92 Å². The molecule has 1 unspecified atom stereocenters. The SMILES string of the molecule is CCCCCc1cc2c(CCCCCNC(=O)OCc3ccc(NC(=O)[C@H](C)NC(=O)[C@@H](C)C(C)NC(=O)CCCCC(=O)ON4C(=O)CCC4=O)cc3)cccc2nc1N. The number of imide groups is 1. The monoisotopic (exact) mass is 843 g/mol. The molecule has 1 aliphatic heterocycles. The number of hydroxylamine groups is 2. The Balaban J connectivity index is 1.07. The molecule has 1 aromatic heterocycles. The number of aromatic nitrogens is 1. The van der Waals surface area contributed by atoms with Gasteiger partial charge in [-0.1, -0.05) is 57.4 Å². The van der Waals surface area contributed by atoms with Crippen LogP contribution in [0.3, 0.4) is 0 Å². The standard InChI is InChI=1S/C45H61N7O9/c1-5-6-8-15-34-27-36-33(16-13-17-37(36)51-42(34)46)14-9-7-12-26-47-45(59)60-28-32-20-22-35(23-21-32)50-44(58)31(4)49-43(57)29(2)30(3)48-38(53)18-10-11-19-41(56)61-52-39(54)24-25-40(52)55/h13,16-17,20-23,27,29-31H,5-12,14-15,18-19,24-26,28H2,1-4H3,(H2,46,51)(H,47,59)(H,48,53)(H,49,57)(H,50,58)/t29-,30?,31-/m0/s1. The third-order valence-corrected chi connectivity index (χ3v) is 10.6. The molecule has 2 heterocycles. The summed E-state index contributed by atoms with van der Waals surface area (Å²) in [5.74, 6) is -3.07. The number of fused-ring (bicyclic) bond motifs is 1. The Morgan fingerprint density at radius 2 is 1.49 bits per heavy atom. The van der Waals surface area contributed by atoms with Crippen LogP contribution in [0.25, 0.3) is 10.9 Å². The minimum absolute atomic E-state index is 0.01000. The molecule has 1 saturated heterocycles. The van der Waals surface area contributed by atoms with E-state index in [-0.39, 0.29) is 38.2 Å². The van der Waals surface area contributed by atoms with Gasteiger partial charge in [0.15, 0.2) is 0 Å². The highest BCUT2D eigenvalue weighted by atomic mass is 16.7. The fourth-order valence-electron chi connectivity index (χ4n) is 6.69. The van der Waals surface area contributed by atoms with Gasteiger partial charge in [0.25, 0.3) is 11.8 Å².